The van der Waals surface area contributed by atoms with Gasteiger partial charge in [0.2, 0.25) is 0 Å². The summed E-state index contributed by atoms with van der Waals surface area (Å²) >= 11 is 0. The highest BCUT2D eigenvalue weighted by Crippen LogP contribution is 2.13. The standard InChI is InChI=1S/C16H27NO2/c1-4-5-15(18)12-17-13(2)6-7-14-8-10-16(19-3)11-9-14/h8-11,13,15,17-18H,4-7,12H2,1-3H3. The fraction of sp³-hybridized carbons (Fsp3) is 0.625. The highest BCUT2D eigenvalue weighted by molar-refractivity contribution is 5.27. The number of ether oxygens (including phenoxy) is 1. The van der Waals surface area contributed by atoms with Gasteiger partial charge in [0.15, 0.2) is 0 Å². The van der Waals surface area contributed by atoms with E-state index in [4.69, 9.17) is 4.74 Å². The second-order valence-electron chi connectivity index (χ2n) is 5.14. The molecule has 1 aromatic rings. The van der Waals surface area contributed by atoms with Crippen LogP contribution in [0.4, 0.5) is 0 Å². The topological polar surface area (TPSA) is 41.5 Å². The third-order valence-corrected chi connectivity index (χ3v) is 3.35. The summed E-state index contributed by atoms with van der Waals surface area (Å²) in [6.07, 6.45) is 3.81. The Morgan fingerprint density at radius 2 is 1.89 bits per heavy atom. The van der Waals surface area contributed by atoms with Gasteiger partial charge in [0.1, 0.15) is 5.75 Å². The highest BCUT2D eigenvalue weighted by Gasteiger charge is 2.06. The van der Waals surface area contributed by atoms with Crippen LogP contribution in [-0.4, -0.2) is 30.9 Å². The van der Waals surface area contributed by atoms with Gasteiger partial charge in [-0.15, -0.1) is 0 Å². The van der Waals surface area contributed by atoms with Crippen molar-refractivity contribution in [3.05, 3.63) is 29.8 Å². The van der Waals surface area contributed by atoms with Crippen molar-refractivity contribution >= 4 is 0 Å². The summed E-state index contributed by atoms with van der Waals surface area (Å²) in [7, 11) is 1.68. The number of aryl methyl sites for hydroxylation is 1. The van der Waals surface area contributed by atoms with Crippen molar-refractivity contribution in [2.75, 3.05) is 13.7 Å². The monoisotopic (exact) mass is 265 g/mol. The summed E-state index contributed by atoms with van der Waals surface area (Å²) in [6, 6.07) is 8.64. The highest BCUT2D eigenvalue weighted by atomic mass is 16.5. The lowest BCUT2D eigenvalue weighted by atomic mass is 10.1. The number of nitrogens with one attached hydrogen (secondary N) is 1. The van der Waals surface area contributed by atoms with Crippen LogP contribution < -0.4 is 10.1 Å². The summed E-state index contributed by atoms with van der Waals surface area (Å²) in [5, 5.41) is 13.0. The second-order valence-corrected chi connectivity index (χ2v) is 5.14. The zero-order valence-electron chi connectivity index (χ0n) is 12.4. The minimum absolute atomic E-state index is 0.214. The first-order valence-electron chi connectivity index (χ1n) is 7.20. The summed E-state index contributed by atoms with van der Waals surface area (Å²) in [4.78, 5) is 0. The lowest BCUT2D eigenvalue weighted by molar-refractivity contribution is 0.156. The van der Waals surface area contributed by atoms with Crippen LogP contribution in [0.3, 0.4) is 0 Å². The van der Waals surface area contributed by atoms with Crippen molar-refractivity contribution in [1.82, 2.24) is 5.32 Å². The molecule has 0 aliphatic rings. The van der Waals surface area contributed by atoms with E-state index >= 15 is 0 Å². The zero-order valence-corrected chi connectivity index (χ0v) is 12.4. The predicted molar refractivity (Wildman–Crippen MR) is 79.7 cm³/mol. The minimum atomic E-state index is -0.214. The SMILES string of the molecule is CCCC(O)CNC(C)CCc1ccc(OC)cc1. The van der Waals surface area contributed by atoms with Crippen molar-refractivity contribution < 1.29 is 9.84 Å². The molecule has 0 saturated carbocycles. The van der Waals surface area contributed by atoms with Gasteiger partial charge in [0.05, 0.1) is 13.2 Å². The Morgan fingerprint density at radius 3 is 2.47 bits per heavy atom. The number of hydrogen-bond donors (Lipinski definition) is 2. The maximum Gasteiger partial charge on any atom is 0.118 e. The molecule has 0 spiro atoms. The molecule has 0 bridgehead atoms. The van der Waals surface area contributed by atoms with Gasteiger partial charge in [0, 0.05) is 12.6 Å². The van der Waals surface area contributed by atoms with E-state index in [2.05, 4.69) is 31.3 Å². The maximum atomic E-state index is 9.66. The van der Waals surface area contributed by atoms with E-state index in [0.29, 0.717) is 12.6 Å². The van der Waals surface area contributed by atoms with Crippen LogP contribution in [0.15, 0.2) is 24.3 Å². The maximum absolute atomic E-state index is 9.66. The number of hydrogen-bond acceptors (Lipinski definition) is 3. The lowest BCUT2D eigenvalue weighted by Crippen LogP contribution is -2.34. The third kappa shape index (κ3) is 6.60. The summed E-state index contributed by atoms with van der Waals surface area (Å²) in [6.45, 7) is 4.95. The van der Waals surface area contributed by atoms with Crippen LogP contribution in [0.25, 0.3) is 0 Å². The number of rotatable bonds is 9. The molecule has 0 aliphatic carbocycles. The molecule has 1 rings (SSSR count). The number of aliphatic hydroxyl groups is 1. The van der Waals surface area contributed by atoms with Gasteiger partial charge in [-0.05, 0) is 43.9 Å². The Balaban J connectivity index is 2.23. The average Bonchev–Trinajstić information content (AvgIpc) is 2.44. The van der Waals surface area contributed by atoms with Gasteiger partial charge in [-0.25, -0.2) is 0 Å². The first-order valence-corrected chi connectivity index (χ1v) is 7.20. The number of benzene rings is 1. The van der Waals surface area contributed by atoms with Crippen molar-refractivity contribution in [2.24, 2.45) is 0 Å². The summed E-state index contributed by atoms with van der Waals surface area (Å²) in [5.41, 5.74) is 1.32. The zero-order chi connectivity index (χ0) is 14.1. The van der Waals surface area contributed by atoms with Crippen LogP contribution in [0.2, 0.25) is 0 Å². The third-order valence-electron chi connectivity index (χ3n) is 3.35. The van der Waals surface area contributed by atoms with E-state index in [1.54, 1.807) is 7.11 Å². The molecule has 0 heterocycles. The Hall–Kier alpha value is -1.06. The van der Waals surface area contributed by atoms with Gasteiger partial charge >= 0.3 is 0 Å². The van der Waals surface area contributed by atoms with Gasteiger partial charge in [-0.3, -0.25) is 0 Å². The molecule has 0 amide bonds. The minimum Gasteiger partial charge on any atom is -0.497 e. The van der Waals surface area contributed by atoms with Gasteiger partial charge < -0.3 is 15.2 Å². The first kappa shape index (κ1) is 16.0. The van der Waals surface area contributed by atoms with Gasteiger partial charge in [0.25, 0.3) is 0 Å². The lowest BCUT2D eigenvalue weighted by Gasteiger charge is -2.16. The Labute approximate surface area is 117 Å². The van der Waals surface area contributed by atoms with Crippen molar-refractivity contribution in [2.45, 2.75) is 51.7 Å². The molecule has 0 radical (unpaired) electrons. The molecular weight excluding hydrogens is 238 g/mol. The van der Waals surface area contributed by atoms with Crippen LogP contribution in [0.1, 0.15) is 38.7 Å². The van der Waals surface area contributed by atoms with E-state index in [0.717, 1.165) is 31.4 Å². The molecule has 19 heavy (non-hydrogen) atoms. The van der Waals surface area contributed by atoms with E-state index in [9.17, 15) is 5.11 Å². The fourth-order valence-corrected chi connectivity index (χ4v) is 2.05. The molecule has 0 aromatic heterocycles. The van der Waals surface area contributed by atoms with E-state index in [1.807, 2.05) is 12.1 Å². The molecule has 3 nitrogen and oxygen atoms in total. The Morgan fingerprint density at radius 1 is 1.21 bits per heavy atom. The van der Waals surface area contributed by atoms with Crippen molar-refractivity contribution in [1.29, 1.82) is 0 Å². The number of aliphatic hydroxyl groups excluding tert-OH is 1. The van der Waals surface area contributed by atoms with Crippen LogP contribution in [0.5, 0.6) is 5.75 Å². The van der Waals surface area contributed by atoms with Crippen LogP contribution >= 0.6 is 0 Å². The van der Waals surface area contributed by atoms with Crippen LogP contribution in [-0.2, 0) is 6.42 Å². The second kappa shape index (κ2) is 8.94. The van der Waals surface area contributed by atoms with Crippen LogP contribution in [0, 0.1) is 0 Å². The number of methoxy groups -OCH3 is 1. The average molecular weight is 265 g/mol. The molecule has 108 valence electrons. The summed E-state index contributed by atoms with van der Waals surface area (Å²) < 4.78 is 5.14. The summed E-state index contributed by atoms with van der Waals surface area (Å²) in [5.74, 6) is 0.901. The molecule has 0 aliphatic heterocycles. The van der Waals surface area contributed by atoms with Crippen molar-refractivity contribution in [3.63, 3.8) is 0 Å². The normalized spacial score (nSPS) is 14.1. The molecular formula is C16H27NO2. The molecule has 1 aromatic carbocycles. The van der Waals surface area contributed by atoms with Gasteiger partial charge in [-0.2, -0.15) is 0 Å². The molecule has 0 saturated heterocycles. The molecule has 2 atom stereocenters. The molecule has 2 N–H and O–H groups in total. The van der Waals surface area contributed by atoms with E-state index in [1.165, 1.54) is 5.56 Å². The van der Waals surface area contributed by atoms with E-state index < -0.39 is 0 Å². The first-order chi connectivity index (χ1) is 9.15. The quantitative estimate of drug-likeness (QED) is 0.721. The Bertz CT molecular complexity index is 337. The smallest absolute Gasteiger partial charge is 0.118 e. The van der Waals surface area contributed by atoms with Gasteiger partial charge in [-0.1, -0.05) is 25.5 Å². The largest absolute Gasteiger partial charge is 0.497 e. The van der Waals surface area contributed by atoms with E-state index in [-0.39, 0.29) is 6.10 Å². The fourth-order valence-electron chi connectivity index (χ4n) is 2.05. The molecule has 3 heteroatoms. The van der Waals surface area contributed by atoms with Crippen molar-refractivity contribution in [3.8, 4) is 5.75 Å². The molecule has 0 fully saturated rings. The Kier molecular flexibility index (Phi) is 7.53. The molecule has 2 unspecified atom stereocenters. The predicted octanol–water partition coefficient (Wildman–Crippen LogP) is 2.77.